The number of aliphatic hydroxyl groups is 2. The largest absolute Gasteiger partial charge is 0.489 e. The zero-order valence-electron chi connectivity index (χ0n) is 8.31. The maximum Gasteiger partial charge on any atom is 0.143 e. The van der Waals surface area contributed by atoms with E-state index < -0.39 is 6.10 Å². The number of rotatable bonds is 4. The standard InChI is InChI=1S/C10H14O3S2/c11-4-7(12)5-13-8-6-15-9-2-1-3-14-10(8)9/h6-7,11-12H,1-5H2. The summed E-state index contributed by atoms with van der Waals surface area (Å²) < 4.78 is 5.48. The smallest absolute Gasteiger partial charge is 0.143 e. The fourth-order valence-electron chi connectivity index (χ4n) is 1.44. The van der Waals surface area contributed by atoms with Crippen molar-refractivity contribution in [1.82, 2.24) is 0 Å². The van der Waals surface area contributed by atoms with Crippen molar-refractivity contribution in [2.75, 3.05) is 19.0 Å². The Morgan fingerprint density at radius 1 is 1.53 bits per heavy atom. The second-order valence-corrected chi connectivity index (χ2v) is 5.52. The Morgan fingerprint density at radius 3 is 3.20 bits per heavy atom. The molecule has 0 fully saturated rings. The summed E-state index contributed by atoms with van der Waals surface area (Å²) in [5, 5.41) is 19.8. The lowest BCUT2D eigenvalue weighted by Crippen LogP contribution is -2.21. The van der Waals surface area contributed by atoms with Gasteiger partial charge in [0.05, 0.1) is 11.5 Å². The van der Waals surface area contributed by atoms with E-state index in [-0.39, 0.29) is 13.2 Å². The van der Waals surface area contributed by atoms with Gasteiger partial charge in [0.25, 0.3) is 0 Å². The first kappa shape index (κ1) is 11.3. The minimum absolute atomic E-state index is 0.167. The molecule has 1 unspecified atom stereocenters. The molecular formula is C10H14O3S2. The van der Waals surface area contributed by atoms with Crippen LogP contribution in [0, 0.1) is 0 Å². The number of ether oxygens (including phenoxy) is 1. The van der Waals surface area contributed by atoms with Gasteiger partial charge in [-0.15, -0.1) is 23.1 Å². The van der Waals surface area contributed by atoms with Crippen molar-refractivity contribution in [3.63, 3.8) is 0 Å². The van der Waals surface area contributed by atoms with Gasteiger partial charge in [-0.05, 0) is 18.6 Å². The molecule has 0 saturated heterocycles. The van der Waals surface area contributed by atoms with Crippen LogP contribution in [0.5, 0.6) is 5.75 Å². The Balaban J connectivity index is 1.99. The van der Waals surface area contributed by atoms with Gasteiger partial charge in [-0.2, -0.15) is 0 Å². The number of thioether (sulfide) groups is 1. The molecule has 3 nitrogen and oxygen atoms in total. The Morgan fingerprint density at radius 2 is 2.40 bits per heavy atom. The average Bonchev–Trinajstić information content (AvgIpc) is 2.69. The quantitative estimate of drug-likeness (QED) is 0.845. The third-order valence-corrected chi connectivity index (χ3v) is 4.60. The van der Waals surface area contributed by atoms with Gasteiger partial charge in [-0.1, -0.05) is 0 Å². The van der Waals surface area contributed by atoms with Gasteiger partial charge >= 0.3 is 0 Å². The van der Waals surface area contributed by atoms with Crippen LogP contribution in [0.1, 0.15) is 11.3 Å². The molecule has 1 aliphatic rings. The summed E-state index contributed by atoms with van der Waals surface area (Å²) >= 11 is 3.54. The summed E-state index contributed by atoms with van der Waals surface area (Å²) in [7, 11) is 0. The predicted molar refractivity (Wildman–Crippen MR) is 62.0 cm³/mol. The molecule has 0 aliphatic carbocycles. The summed E-state index contributed by atoms with van der Waals surface area (Å²) in [5.41, 5.74) is 0. The van der Waals surface area contributed by atoms with Crippen molar-refractivity contribution in [3.8, 4) is 5.75 Å². The van der Waals surface area contributed by atoms with Gasteiger partial charge in [0.1, 0.15) is 18.5 Å². The molecule has 0 amide bonds. The lowest BCUT2D eigenvalue weighted by molar-refractivity contribution is 0.0528. The topological polar surface area (TPSA) is 49.7 Å². The first-order valence-corrected chi connectivity index (χ1v) is 6.82. The molecule has 1 aromatic rings. The van der Waals surface area contributed by atoms with E-state index in [1.54, 1.807) is 11.3 Å². The summed E-state index contributed by atoms with van der Waals surface area (Å²) in [6, 6.07) is 0. The summed E-state index contributed by atoms with van der Waals surface area (Å²) in [5.74, 6) is 2.01. The number of fused-ring (bicyclic) bond motifs is 1. The second-order valence-electron chi connectivity index (χ2n) is 3.45. The van der Waals surface area contributed by atoms with Crippen LogP contribution in [0.2, 0.25) is 0 Å². The van der Waals surface area contributed by atoms with Crippen molar-refractivity contribution in [2.24, 2.45) is 0 Å². The van der Waals surface area contributed by atoms with Gasteiger partial charge in [0.2, 0.25) is 0 Å². The zero-order valence-corrected chi connectivity index (χ0v) is 9.94. The lowest BCUT2D eigenvalue weighted by Gasteiger charge is -2.14. The molecule has 2 heterocycles. The molecule has 5 heteroatoms. The third-order valence-electron chi connectivity index (χ3n) is 2.22. The predicted octanol–water partition coefficient (Wildman–Crippen LogP) is 1.52. The molecule has 0 bridgehead atoms. The van der Waals surface area contributed by atoms with E-state index in [1.807, 2.05) is 17.1 Å². The fraction of sp³-hybridized carbons (Fsp3) is 0.600. The molecule has 0 spiro atoms. The second kappa shape index (κ2) is 5.21. The molecule has 1 aliphatic heterocycles. The molecule has 2 rings (SSSR count). The van der Waals surface area contributed by atoms with Crippen LogP contribution in [-0.2, 0) is 6.42 Å². The average molecular weight is 246 g/mol. The van der Waals surface area contributed by atoms with Crippen LogP contribution in [0.25, 0.3) is 0 Å². The SMILES string of the molecule is OCC(O)COc1csc2c1SCCC2. The normalized spacial score (nSPS) is 17.2. The highest BCUT2D eigenvalue weighted by Crippen LogP contribution is 2.42. The maximum atomic E-state index is 9.18. The number of aryl methyl sites for hydroxylation is 1. The van der Waals surface area contributed by atoms with Crippen LogP contribution in [0.3, 0.4) is 0 Å². The van der Waals surface area contributed by atoms with Gasteiger partial charge in [-0.25, -0.2) is 0 Å². The van der Waals surface area contributed by atoms with Crippen molar-refractivity contribution in [1.29, 1.82) is 0 Å². The lowest BCUT2D eigenvalue weighted by atomic mass is 10.3. The fourth-order valence-corrected chi connectivity index (χ4v) is 3.76. The van der Waals surface area contributed by atoms with E-state index in [0.717, 1.165) is 17.9 Å². The van der Waals surface area contributed by atoms with Crippen molar-refractivity contribution in [3.05, 3.63) is 10.3 Å². The van der Waals surface area contributed by atoms with Crippen LogP contribution in [0.4, 0.5) is 0 Å². The molecule has 15 heavy (non-hydrogen) atoms. The highest BCUT2D eigenvalue weighted by Gasteiger charge is 2.17. The highest BCUT2D eigenvalue weighted by atomic mass is 32.2. The molecule has 84 valence electrons. The Kier molecular flexibility index (Phi) is 3.91. The highest BCUT2D eigenvalue weighted by molar-refractivity contribution is 7.99. The molecule has 0 saturated carbocycles. The van der Waals surface area contributed by atoms with Gasteiger partial charge in [0, 0.05) is 10.3 Å². The molecule has 0 aromatic carbocycles. The van der Waals surface area contributed by atoms with Crippen LogP contribution in [-0.4, -0.2) is 35.3 Å². The van der Waals surface area contributed by atoms with Crippen molar-refractivity contribution >= 4 is 23.1 Å². The molecule has 0 radical (unpaired) electrons. The van der Waals surface area contributed by atoms with Crippen LogP contribution in [0.15, 0.2) is 10.3 Å². The number of hydrogen-bond donors (Lipinski definition) is 2. The van der Waals surface area contributed by atoms with E-state index in [2.05, 4.69) is 0 Å². The van der Waals surface area contributed by atoms with E-state index in [1.165, 1.54) is 16.2 Å². The minimum Gasteiger partial charge on any atom is -0.489 e. The van der Waals surface area contributed by atoms with E-state index in [9.17, 15) is 5.11 Å². The van der Waals surface area contributed by atoms with E-state index >= 15 is 0 Å². The molecular weight excluding hydrogens is 232 g/mol. The Labute approximate surface area is 97.1 Å². The van der Waals surface area contributed by atoms with Crippen molar-refractivity contribution in [2.45, 2.75) is 23.8 Å². The minimum atomic E-state index is -0.783. The summed E-state index contributed by atoms with van der Waals surface area (Å²) in [6.45, 7) is -0.0836. The monoisotopic (exact) mass is 246 g/mol. The molecule has 1 aromatic heterocycles. The number of thiophene rings is 1. The summed E-state index contributed by atoms with van der Waals surface area (Å²) in [4.78, 5) is 2.62. The Bertz CT molecular complexity index is 324. The van der Waals surface area contributed by atoms with Crippen LogP contribution < -0.4 is 4.74 Å². The first-order valence-electron chi connectivity index (χ1n) is 4.96. The summed E-state index contributed by atoms with van der Waals surface area (Å²) in [6.07, 6.45) is 1.59. The van der Waals surface area contributed by atoms with Gasteiger partial charge < -0.3 is 14.9 Å². The van der Waals surface area contributed by atoms with Crippen molar-refractivity contribution < 1.29 is 14.9 Å². The van der Waals surface area contributed by atoms with E-state index in [0.29, 0.717) is 0 Å². The maximum absolute atomic E-state index is 9.18. The van der Waals surface area contributed by atoms with Crippen LogP contribution >= 0.6 is 23.1 Å². The third kappa shape index (κ3) is 2.66. The number of aliphatic hydroxyl groups excluding tert-OH is 2. The first-order chi connectivity index (χ1) is 7.31. The number of hydrogen-bond acceptors (Lipinski definition) is 5. The zero-order chi connectivity index (χ0) is 10.7. The van der Waals surface area contributed by atoms with Gasteiger partial charge in [-0.3, -0.25) is 0 Å². The Hall–Kier alpha value is -0.230. The van der Waals surface area contributed by atoms with E-state index in [4.69, 9.17) is 9.84 Å². The molecule has 2 N–H and O–H groups in total. The van der Waals surface area contributed by atoms with Gasteiger partial charge in [0.15, 0.2) is 0 Å². The molecule has 1 atom stereocenters.